The Bertz CT molecular complexity index is 1260. The Balaban J connectivity index is 0.0000108. The molecule has 0 bridgehead atoms. The van der Waals surface area contributed by atoms with Crippen molar-refractivity contribution in [1.29, 1.82) is 0 Å². The van der Waals surface area contributed by atoms with Gasteiger partial charge in [-0.05, 0) is 74.5 Å². The van der Waals surface area contributed by atoms with Crippen molar-refractivity contribution in [2.24, 2.45) is 11.7 Å². The lowest BCUT2D eigenvalue weighted by Gasteiger charge is -2.26. The van der Waals surface area contributed by atoms with Crippen LogP contribution in [0.15, 0.2) is 95.0 Å². The number of halogens is 4. The maximum Gasteiger partial charge on any atom is 0.406 e. The van der Waals surface area contributed by atoms with Crippen LogP contribution in [0.4, 0.5) is 17.6 Å². The molecular weight excluding hydrogens is 624 g/mol. The van der Waals surface area contributed by atoms with E-state index in [0.717, 1.165) is 41.8 Å². The van der Waals surface area contributed by atoms with Crippen LogP contribution in [-0.2, 0) is 14.3 Å². The minimum Gasteiger partial charge on any atom is -0.501 e. The normalized spacial score (nSPS) is 20.4. The Morgan fingerprint density at radius 2 is 1.77 bits per heavy atom. The number of hydrogen-bond donors (Lipinski definition) is 3. The zero-order valence-corrected chi connectivity index (χ0v) is 29.8. The lowest BCUT2D eigenvalue weighted by atomic mass is 9.94. The van der Waals surface area contributed by atoms with Crippen LogP contribution in [0.25, 0.3) is 0 Å². The maximum atomic E-state index is 14.0. The summed E-state index contributed by atoms with van der Waals surface area (Å²) in [4.78, 5) is 25.0. The van der Waals surface area contributed by atoms with Crippen molar-refractivity contribution < 1.29 is 31.9 Å². The molecule has 0 spiro atoms. The van der Waals surface area contributed by atoms with E-state index in [-0.39, 0.29) is 24.7 Å². The number of nitrogens with one attached hydrogen (secondary N) is 2. The smallest absolute Gasteiger partial charge is 0.406 e. The van der Waals surface area contributed by atoms with Crippen LogP contribution in [-0.4, -0.2) is 49.1 Å². The van der Waals surface area contributed by atoms with Crippen molar-refractivity contribution in [3.05, 3.63) is 95.0 Å². The van der Waals surface area contributed by atoms with Crippen LogP contribution < -0.4 is 16.4 Å². The predicted molar refractivity (Wildman–Crippen MR) is 188 cm³/mol. The van der Waals surface area contributed by atoms with Gasteiger partial charge in [-0.3, -0.25) is 9.59 Å². The van der Waals surface area contributed by atoms with Crippen molar-refractivity contribution >= 4 is 11.8 Å². The summed E-state index contributed by atoms with van der Waals surface area (Å²) in [6.07, 6.45) is 13.9. The summed E-state index contributed by atoms with van der Waals surface area (Å²) >= 11 is 0. The number of hydrogen-bond acceptors (Lipinski definition) is 5. The molecule has 1 rings (SSSR count). The van der Waals surface area contributed by atoms with Gasteiger partial charge in [-0.2, -0.15) is 13.2 Å². The Hall–Kier alpha value is -4.02. The molecule has 0 aliphatic carbocycles. The molecule has 7 nitrogen and oxygen atoms in total. The fraction of sp³-hybridized carbons (Fsp3) is 0.514. The Morgan fingerprint density at radius 1 is 1.12 bits per heavy atom. The van der Waals surface area contributed by atoms with E-state index in [4.69, 9.17) is 10.5 Å². The van der Waals surface area contributed by atoms with E-state index in [9.17, 15) is 27.2 Å². The third kappa shape index (κ3) is 19.0. The van der Waals surface area contributed by atoms with Crippen LogP contribution in [0.3, 0.4) is 0 Å². The minimum atomic E-state index is -4.62. The van der Waals surface area contributed by atoms with Crippen molar-refractivity contribution in [1.82, 2.24) is 15.5 Å². The molecule has 1 heterocycles. The Kier molecular flexibility index (Phi) is 22.1. The average molecular weight is 681 g/mol. The topological polar surface area (TPSA) is 96.7 Å². The Morgan fingerprint density at radius 3 is 2.35 bits per heavy atom. The molecule has 0 saturated heterocycles. The molecule has 0 saturated carbocycles. The molecule has 1 aliphatic rings. The lowest BCUT2D eigenvalue weighted by Crippen LogP contribution is -2.46. The predicted octanol–water partition coefficient (Wildman–Crippen LogP) is 8.58. The summed E-state index contributed by atoms with van der Waals surface area (Å²) in [5.41, 5.74) is 9.99. The number of allylic oxidation sites excluding steroid dienone is 11. The van der Waals surface area contributed by atoms with E-state index >= 15 is 0 Å². The summed E-state index contributed by atoms with van der Waals surface area (Å²) in [5.74, 6) is -1.13. The first kappa shape index (κ1) is 44.0. The molecule has 270 valence electrons. The number of nitrogens with two attached hydrogens (primary N) is 1. The zero-order valence-electron chi connectivity index (χ0n) is 29.8. The van der Waals surface area contributed by atoms with Gasteiger partial charge < -0.3 is 26.0 Å². The molecule has 0 fully saturated rings. The summed E-state index contributed by atoms with van der Waals surface area (Å²) in [6.45, 7) is 12.4. The first-order chi connectivity index (χ1) is 22.7. The number of ether oxygens (including phenoxy) is 1. The molecule has 2 atom stereocenters. The summed E-state index contributed by atoms with van der Waals surface area (Å²) in [5, 5.41) is 5.68. The average Bonchev–Trinajstić information content (AvgIpc) is 3.06. The van der Waals surface area contributed by atoms with Crippen molar-refractivity contribution in [2.75, 3.05) is 20.2 Å². The van der Waals surface area contributed by atoms with E-state index in [1.807, 2.05) is 33.8 Å². The van der Waals surface area contributed by atoms with Gasteiger partial charge in [0, 0.05) is 43.9 Å². The summed E-state index contributed by atoms with van der Waals surface area (Å²) in [7, 11) is 1.58. The molecule has 48 heavy (non-hydrogen) atoms. The van der Waals surface area contributed by atoms with E-state index in [2.05, 4.69) is 42.7 Å². The van der Waals surface area contributed by atoms with E-state index < -0.39 is 30.5 Å². The SMILES string of the molecule is CC.CC/C=C(C/C=C(\C)CNC(C)=O)/C(=C/CC)C/C(=C\C(C)/C(N)=C/NC1CC/C=C(F)/C=C\C=C\N(CC(F)(F)F)C1=O)OC. The van der Waals surface area contributed by atoms with Gasteiger partial charge in [0.2, 0.25) is 11.8 Å². The van der Waals surface area contributed by atoms with Gasteiger partial charge in [-0.15, -0.1) is 0 Å². The monoisotopic (exact) mass is 680 g/mol. The first-order valence-corrected chi connectivity index (χ1v) is 16.5. The highest BCUT2D eigenvalue weighted by atomic mass is 19.4. The number of carbonyl (C=O) groups excluding carboxylic acids is 2. The second-order valence-electron chi connectivity index (χ2n) is 11.1. The summed E-state index contributed by atoms with van der Waals surface area (Å²) in [6, 6.07) is -1.08. The van der Waals surface area contributed by atoms with Crippen LogP contribution in [0, 0.1) is 5.92 Å². The van der Waals surface area contributed by atoms with Crippen molar-refractivity contribution in [2.45, 2.75) is 99.2 Å². The molecule has 0 radical (unpaired) electrons. The number of methoxy groups -OCH3 is 1. The molecule has 11 heteroatoms. The summed E-state index contributed by atoms with van der Waals surface area (Å²) < 4.78 is 59.4. The largest absolute Gasteiger partial charge is 0.501 e. The second kappa shape index (κ2) is 24.2. The molecule has 2 unspecified atom stereocenters. The molecule has 4 N–H and O–H groups in total. The van der Waals surface area contributed by atoms with Gasteiger partial charge in [-0.1, -0.05) is 64.5 Å². The molecule has 2 amide bonds. The molecular formula is C37H56F4N4O3. The highest BCUT2D eigenvalue weighted by Gasteiger charge is 2.34. The second-order valence-corrected chi connectivity index (χ2v) is 11.1. The van der Waals surface area contributed by atoms with Crippen molar-refractivity contribution in [3.8, 4) is 0 Å². The fourth-order valence-electron chi connectivity index (χ4n) is 4.50. The molecule has 0 aromatic carbocycles. The van der Waals surface area contributed by atoms with Crippen LogP contribution >= 0.6 is 0 Å². The number of amides is 2. The number of carbonyl (C=O) groups is 2. The zero-order chi connectivity index (χ0) is 36.7. The van der Waals surface area contributed by atoms with Gasteiger partial charge >= 0.3 is 6.18 Å². The van der Waals surface area contributed by atoms with E-state index in [1.165, 1.54) is 31.4 Å². The third-order valence-electron chi connectivity index (χ3n) is 7.00. The maximum absolute atomic E-state index is 14.0. The number of alkyl halides is 3. The molecule has 0 aromatic heterocycles. The number of nitrogens with zero attached hydrogens (tertiary/aromatic N) is 1. The molecule has 1 aliphatic heterocycles. The van der Waals surface area contributed by atoms with Gasteiger partial charge in [0.05, 0.1) is 12.9 Å². The van der Waals surface area contributed by atoms with Gasteiger partial charge in [-0.25, -0.2) is 4.39 Å². The number of rotatable bonds is 15. The van der Waals surface area contributed by atoms with Crippen LogP contribution in [0.2, 0.25) is 0 Å². The lowest BCUT2D eigenvalue weighted by molar-refractivity contribution is -0.157. The van der Waals surface area contributed by atoms with Gasteiger partial charge in [0.1, 0.15) is 18.4 Å². The van der Waals surface area contributed by atoms with E-state index in [0.29, 0.717) is 35.7 Å². The minimum absolute atomic E-state index is 0.0516. The Labute approximate surface area is 285 Å². The van der Waals surface area contributed by atoms with Crippen molar-refractivity contribution in [3.63, 3.8) is 0 Å². The first-order valence-electron chi connectivity index (χ1n) is 16.5. The third-order valence-corrected chi connectivity index (χ3v) is 7.00. The van der Waals surface area contributed by atoms with Crippen LogP contribution in [0.1, 0.15) is 87.0 Å². The van der Waals surface area contributed by atoms with Gasteiger partial charge in [0.25, 0.3) is 0 Å². The fourth-order valence-corrected chi connectivity index (χ4v) is 4.50. The highest BCUT2D eigenvalue weighted by molar-refractivity contribution is 5.83. The quantitative estimate of drug-likeness (QED) is 0.0697. The molecule has 0 aromatic rings. The van der Waals surface area contributed by atoms with Gasteiger partial charge in [0.15, 0.2) is 0 Å². The van der Waals surface area contributed by atoms with E-state index in [1.54, 1.807) is 7.11 Å². The van der Waals surface area contributed by atoms with Crippen LogP contribution in [0.5, 0.6) is 0 Å². The highest BCUT2D eigenvalue weighted by Crippen LogP contribution is 2.26. The standard InChI is InChI=1S/C35H50F4N4O3.C2H6/c1-7-12-28(18-17-25(3)22-41-27(5)44)29(13-8-2)21-31(46-6)20-26(4)32(40)23-42-33-16-11-15-30(36)14-9-10-19-43(34(33)45)24-35(37,38)39;1-2/h9-10,12-15,17,19-20,23,26,33,42H,7-8,11,16,18,21-22,24,40H2,1-6H3,(H,41,44);1-2H3/b14-9-,19-10+,25-17+,28-12+,29-13+,30-15-,31-20+,32-23-;.